The average molecular weight is 383 g/mol. The number of aromatic nitrogens is 3. The predicted molar refractivity (Wildman–Crippen MR) is 101 cm³/mol. The highest BCUT2D eigenvalue weighted by Crippen LogP contribution is 2.26. The van der Waals surface area contributed by atoms with Crippen molar-refractivity contribution in [3.05, 3.63) is 27.5 Å². The molecule has 0 atom stereocenters. The van der Waals surface area contributed by atoms with Crippen LogP contribution in [0.3, 0.4) is 0 Å². The lowest BCUT2D eigenvalue weighted by Crippen LogP contribution is -2.49. The lowest BCUT2D eigenvalue weighted by atomic mass is 10.1. The Morgan fingerprint density at radius 3 is 2.64 bits per heavy atom. The van der Waals surface area contributed by atoms with Crippen molar-refractivity contribution < 1.29 is 4.79 Å². The Balaban J connectivity index is 0.00000182. The molecule has 4 heterocycles. The van der Waals surface area contributed by atoms with Crippen molar-refractivity contribution in [1.82, 2.24) is 25.4 Å². The first kappa shape index (κ1) is 18.2. The van der Waals surface area contributed by atoms with Crippen LogP contribution < -0.4 is 10.2 Å². The second-order valence-electron chi connectivity index (χ2n) is 6.37. The number of anilines is 1. The minimum absolute atomic E-state index is 0. The van der Waals surface area contributed by atoms with Gasteiger partial charge in [0.1, 0.15) is 0 Å². The van der Waals surface area contributed by atoms with E-state index in [0.717, 1.165) is 54.7 Å². The number of hydrogen-bond acceptors (Lipinski definition) is 6. The van der Waals surface area contributed by atoms with E-state index in [2.05, 4.69) is 32.3 Å². The van der Waals surface area contributed by atoms with Crippen LogP contribution in [0.15, 0.2) is 0 Å². The van der Waals surface area contributed by atoms with E-state index in [1.54, 1.807) is 11.3 Å². The van der Waals surface area contributed by atoms with Crippen molar-refractivity contribution in [2.24, 2.45) is 0 Å². The number of nitrogens with zero attached hydrogens (tertiary/aromatic N) is 4. The number of carbonyl (C=O) groups excluding carboxylic acids is 1. The quantitative estimate of drug-likeness (QED) is 0.823. The molecule has 25 heavy (non-hydrogen) atoms. The molecule has 2 aliphatic rings. The molecule has 2 aromatic heterocycles. The zero-order chi connectivity index (χ0) is 16.7. The number of rotatable bonds is 2. The first-order chi connectivity index (χ1) is 11.6. The maximum absolute atomic E-state index is 12.8. The molecule has 2 aliphatic heterocycles. The van der Waals surface area contributed by atoms with E-state index >= 15 is 0 Å². The zero-order valence-electron chi connectivity index (χ0n) is 14.5. The Kier molecular flexibility index (Phi) is 5.31. The molecule has 0 bridgehead atoms. The number of thiazole rings is 1. The first-order valence-electron chi connectivity index (χ1n) is 8.38. The maximum atomic E-state index is 12.8. The van der Waals surface area contributed by atoms with Crippen LogP contribution in [-0.4, -0.2) is 58.7 Å². The summed E-state index contributed by atoms with van der Waals surface area (Å²) in [5.74, 6) is 0.0438. The molecule has 1 amide bonds. The molecule has 7 nitrogen and oxygen atoms in total. The standard InChI is InChI=1S/C16H22N6OS.ClH/c1-10-11(2)24-16(18-10)22-7-5-21(6-8-22)15(23)14-12-9-17-4-3-13(12)19-20-14;/h17H,3-9H2,1-2H3,(H,19,20);1H. The van der Waals surface area contributed by atoms with Gasteiger partial charge in [-0.05, 0) is 13.8 Å². The van der Waals surface area contributed by atoms with Gasteiger partial charge < -0.3 is 15.1 Å². The van der Waals surface area contributed by atoms with E-state index < -0.39 is 0 Å². The van der Waals surface area contributed by atoms with E-state index in [1.165, 1.54) is 4.88 Å². The Morgan fingerprint density at radius 1 is 1.20 bits per heavy atom. The van der Waals surface area contributed by atoms with Crippen molar-refractivity contribution in [3.63, 3.8) is 0 Å². The summed E-state index contributed by atoms with van der Waals surface area (Å²) in [4.78, 5) is 22.9. The van der Waals surface area contributed by atoms with Gasteiger partial charge in [-0.1, -0.05) is 0 Å². The molecule has 0 unspecified atom stereocenters. The number of carbonyl (C=O) groups is 1. The fraction of sp³-hybridized carbons (Fsp3) is 0.562. The van der Waals surface area contributed by atoms with Crippen molar-refractivity contribution in [3.8, 4) is 0 Å². The molecule has 136 valence electrons. The van der Waals surface area contributed by atoms with Gasteiger partial charge in [0, 0.05) is 61.8 Å². The molecular formula is C16H23ClN6OS. The molecule has 2 aromatic rings. The summed E-state index contributed by atoms with van der Waals surface area (Å²) in [5.41, 5.74) is 3.83. The first-order valence-corrected chi connectivity index (χ1v) is 9.20. The summed E-state index contributed by atoms with van der Waals surface area (Å²) in [5, 5.41) is 11.7. The highest BCUT2D eigenvalue weighted by atomic mass is 35.5. The zero-order valence-corrected chi connectivity index (χ0v) is 16.1. The van der Waals surface area contributed by atoms with Gasteiger partial charge in [0.2, 0.25) is 0 Å². The van der Waals surface area contributed by atoms with E-state index in [4.69, 9.17) is 0 Å². The highest BCUT2D eigenvalue weighted by Gasteiger charge is 2.28. The molecule has 4 rings (SSSR count). The highest BCUT2D eigenvalue weighted by molar-refractivity contribution is 7.15. The topological polar surface area (TPSA) is 77.2 Å². The third kappa shape index (κ3) is 3.38. The number of piperazine rings is 1. The lowest BCUT2D eigenvalue weighted by molar-refractivity contribution is 0.0739. The molecule has 1 fully saturated rings. The molecule has 0 spiro atoms. The van der Waals surface area contributed by atoms with Gasteiger partial charge in [0.15, 0.2) is 10.8 Å². The Morgan fingerprint density at radius 2 is 1.96 bits per heavy atom. The number of aryl methyl sites for hydroxylation is 2. The van der Waals surface area contributed by atoms with E-state index in [9.17, 15) is 4.79 Å². The summed E-state index contributed by atoms with van der Waals surface area (Å²) in [6.45, 7) is 8.89. The smallest absolute Gasteiger partial charge is 0.274 e. The molecule has 2 N–H and O–H groups in total. The number of amides is 1. The minimum Gasteiger partial charge on any atom is -0.345 e. The van der Waals surface area contributed by atoms with Gasteiger partial charge in [0.05, 0.1) is 5.69 Å². The van der Waals surface area contributed by atoms with Crippen LogP contribution in [0.5, 0.6) is 0 Å². The number of halogens is 1. The second kappa shape index (κ2) is 7.31. The van der Waals surface area contributed by atoms with Crippen LogP contribution >= 0.6 is 23.7 Å². The van der Waals surface area contributed by atoms with Crippen LogP contribution in [0, 0.1) is 13.8 Å². The van der Waals surface area contributed by atoms with Gasteiger partial charge in [-0.2, -0.15) is 5.10 Å². The van der Waals surface area contributed by atoms with Crippen LogP contribution in [0.2, 0.25) is 0 Å². The molecule has 9 heteroatoms. The largest absolute Gasteiger partial charge is 0.345 e. The molecular weight excluding hydrogens is 360 g/mol. The summed E-state index contributed by atoms with van der Waals surface area (Å²) in [6.07, 6.45) is 0.909. The van der Waals surface area contributed by atoms with Crippen molar-refractivity contribution >= 4 is 34.8 Å². The van der Waals surface area contributed by atoms with E-state index in [1.807, 2.05) is 11.8 Å². The molecule has 0 aromatic carbocycles. The normalized spacial score (nSPS) is 17.2. The minimum atomic E-state index is 0. The monoisotopic (exact) mass is 382 g/mol. The Bertz CT molecular complexity index is 745. The third-order valence-corrected chi connectivity index (χ3v) is 6.00. The second-order valence-corrected chi connectivity index (χ2v) is 7.56. The Hall–Kier alpha value is -1.64. The summed E-state index contributed by atoms with van der Waals surface area (Å²) >= 11 is 1.73. The number of fused-ring (bicyclic) bond motifs is 1. The van der Waals surface area contributed by atoms with E-state index in [-0.39, 0.29) is 18.3 Å². The van der Waals surface area contributed by atoms with Crippen molar-refractivity contribution in [2.75, 3.05) is 37.6 Å². The van der Waals surface area contributed by atoms with Crippen molar-refractivity contribution in [1.29, 1.82) is 0 Å². The fourth-order valence-corrected chi connectivity index (χ4v) is 4.21. The van der Waals surface area contributed by atoms with Crippen molar-refractivity contribution in [2.45, 2.75) is 26.8 Å². The van der Waals surface area contributed by atoms with Gasteiger partial charge in [-0.25, -0.2) is 4.98 Å². The fourth-order valence-electron chi connectivity index (χ4n) is 3.24. The van der Waals surface area contributed by atoms with Gasteiger partial charge in [0.25, 0.3) is 5.91 Å². The maximum Gasteiger partial charge on any atom is 0.274 e. The number of hydrogen-bond donors (Lipinski definition) is 2. The third-order valence-electron chi connectivity index (χ3n) is 4.86. The SMILES string of the molecule is Cc1nc(N2CCN(C(=O)c3n[nH]c4c3CNCC4)CC2)sc1C.Cl. The van der Waals surface area contributed by atoms with E-state index in [0.29, 0.717) is 18.8 Å². The molecule has 0 radical (unpaired) electrons. The van der Waals surface area contributed by atoms with Crippen LogP contribution in [0.4, 0.5) is 5.13 Å². The van der Waals surface area contributed by atoms with Crippen LogP contribution in [0.1, 0.15) is 32.3 Å². The van der Waals surface area contributed by atoms with Crippen LogP contribution in [0.25, 0.3) is 0 Å². The molecule has 0 aliphatic carbocycles. The molecule has 0 saturated carbocycles. The van der Waals surface area contributed by atoms with Crippen LogP contribution in [-0.2, 0) is 13.0 Å². The number of nitrogens with one attached hydrogen (secondary N) is 2. The van der Waals surface area contributed by atoms with Gasteiger partial charge >= 0.3 is 0 Å². The molecule has 1 saturated heterocycles. The summed E-state index contributed by atoms with van der Waals surface area (Å²) in [7, 11) is 0. The van der Waals surface area contributed by atoms with Gasteiger partial charge in [-0.3, -0.25) is 9.89 Å². The average Bonchev–Trinajstić information content (AvgIpc) is 3.18. The summed E-state index contributed by atoms with van der Waals surface area (Å²) in [6, 6.07) is 0. The number of H-pyrrole nitrogens is 1. The summed E-state index contributed by atoms with van der Waals surface area (Å²) < 4.78 is 0. The lowest BCUT2D eigenvalue weighted by Gasteiger charge is -2.34. The number of aromatic amines is 1. The van der Waals surface area contributed by atoms with Gasteiger partial charge in [-0.15, -0.1) is 23.7 Å². The predicted octanol–water partition coefficient (Wildman–Crippen LogP) is 1.51. The Labute approximate surface area is 157 Å².